The van der Waals surface area contributed by atoms with Gasteiger partial charge in [0, 0.05) is 17.3 Å². The number of anilines is 2. The summed E-state index contributed by atoms with van der Waals surface area (Å²) in [6, 6.07) is 6.86. The van der Waals surface area contributed by atoms with Gasteiger partial charge < -0.3 is 11.1 Å². The molecule has 0 aliphatic rings. The molecule has 0 saturated heterocycles. The maximum atomic E-state index is 12.1. The maximum absolute atomic E-state index is 12.1. The minimum atomic E-state index is -0.283. The van der Waals surface area contributed by atoms with Crippen molar-refractivity contribution in [1.82, 2.24) is 9.78 Å². The molecule has 0 unspecified atom stereocenters. The number of nitrogen functional groups attached to an aromatic ring is 1. The van der Waals surface area contributed by atoms with Crippen molar-refractivity contribution in [2.45, 2.75) is 13.5 Å². The number of amides is 1. The zero-order valence-corrected chi connectivity index (χ0v) is 10.6. The van der Waals surface area contributed by atoms with Crippen LogP contribution < -0.4 is 11.1 Å². The fourth-order valence-corrected chi connectivity index (χ4v) is 1.74. The molecule has 0 radical (unpaired) electrons. The van der Waals surface area contributed by atoms with Crippen molar-refractivity contribution >= 4 is 28.9 Å². The molecule has 3 N–H and O–H groups in total. The van der Waals surface area contributed by atoms with Crippen LogP contribution in [0.25, 0.3) is 0 Å². The second-order valence-corrected chi connectivity index (χ2v) is 4.16. The monoisotopic (exact) mass is 264 g/mol. The van der Waals surface area contributed by atoms with Gasteiger partial charge in [0.05, 0.1) is 11.9 Å². The normalized spacial score (nSPS) is 10.3. The van der Waals surface area contributed by atoms with E-state index in [1.807, 2.05) is 6.92 Å². The third kappa shape index (κ3) is 2.46. The Morgan fingerprint density at radius 1 is 1.44 bits per heavy atom. The lowest BCUT2D eigenvalue weighted by Crippen LogP contribution is -2.18. The summed E-state index contributed by atoms with van der Waals surface area (Å²) in [6.07, 6.45) is 1.47. The molecular formula is C12H13ClN4O. The van der Waals surface area contributed by atoms with E-state index in [0.717, 1.165) is 0 Å². The Hall–Kier alpha value is -2.01. The summed E-state index contributed by atoms with van der Waals surface area (Å²) in [4.78, 5) is 12.1. The first-order valence-electron chi connectivity index (χ1n) is 5.50. The molecule has 1 aromatic carbocycles. The van der Waals surface area contributed by atoms with Gasteiger partial charge in [-0.05, 0) is 31.2 Å². The molecule has 2 aromatic rings. The van der Waals surface area contributed by atoms with Crippen LogP contribution in [0.2, 0.25) is 5.02 Å². The molecule has 6 heteroatoms. The predicted octanol–water partition coefficient (Wildman–Crippen LogP) is 2.39. The summed E-state index contributed by atoms with van der Waals surface area (Å²) in [5, 5.41) is 7.39. The third-order valence-electron chi connectivity index (χ3n) is 2.48. The number of hydrogen-bond acceptors (Lipinski definition) is 3. The summed E-state index contributed by atoms with van der Waals surface area (Å²) in [5.74, 6) is -0.283. The number of aromatic nitrogens is 2. The van der Waals surface area contributed by atoms with Gasteiger partial charge in [0.15, 0.2) is 0 Å². The summed E-state index contributed by atoms with van der Waals surface area (Å²) in [5.41, 5.74) is 7.12. The molecule has 0 aliphatic carbocycles. The lowest BCUT2D eigenvalue weighted by Gasteiger charge is -2.07. The van der Waals surface area contributed by atoms with Crippen LogP contribution in [0.15, 0.2) is 30.5 Å². The van der Waals surface area contributed by atoms with Crippen LogP contribution in [-0.4, -0.2) is 15.7 Å². The van der Waals surface area contributed by atoms with E-state index in [-0.39, 0.29) is 5.91 Å². The molecular weight excluding hydrogens is 252 g/mol. The van der Waals surface area contributed by atoms with Crippen LogP contribution in [0.1, 0.15) is 17.4 Å². The highest BCUT2D eigenvalue weighted by Crippen LogP contribution is 2.16. The van der Waals surface area contributed by atoms with Crippen molar-refractivity contribution in [3.05, 3.63) is 41.2 Å². The van der Waals surface area contributed by atoms with E-state index in [4.69, 9.17) is 17.3 Å². The quantitative estimate of drug-likeness (QED) is 0.894. The summed E-state index contributed by atoms with van der Waals surface area (Å²) < 4.78 is 1.56. The second-order valence-electron chi connectivity index (χ2n) is 3.73. The van der Waals surface area contributed by atoms with Gasteiger partial charge >= 0.3 is 0 Å². The molecule has 2 rings (SSSR count). The number of benzene rings is 1. The summed E-state index contributed by atoms with van der Waals surface area (Å²) in [7, 11) is 0. The van der Waals surface area contributed by atoms with Gasteiger partial charge in [-0.3, -0.25) is 9.48 Å². The van der Waals surface area contributed by atoms with Crippen LogP contribution >= 0.6 is 11.6 Å². The molecule has 0 atom stereocenters. The van der Waals surface area contributed by atoms with E-state index in [1.165, 1.54) is 6.20 Å². The summed E-state index contributed by atoms with van der Waals surface area (Å²) >= 11 is 5.77. The van der Waals surface area contributed by atoms with Gasteiger partial charge in [-0.1, -0.05) is 11.6 Å². The number of halogens is 1. The van der Waals surface area contributed by atoms with Gasteiger partial charge in [-0.15, -0.1) is 0 Å². The van der Waals surface area contributed by atoms with Crippen LogP contribution in [0, 0.1) is 0 Å². The van der Waals surface area contributed by atoms with E-state index < -0.39 is 0 Å². The van der Waals surface area contributed by atoms with Gasteiger partial charge in [-0.25, -0.2) is 0 Å². The van der Waals surface area contributed by atoms with Crippen LogP contribution in [-0.2, 0) is 6.54 Å². The van der Waals surface area contributed by atoms with E-state index in [9.17, 15) is 4.79 Å². The number of aryl methyl sites for hydroxylation is 1. The first-order chi connectivity index (χ1) is 8.61. The minimum Gasteiger partial charge on any atom is -0.396 e. The number of hydrogen-bond donors (Lipinski definition) is 2. The topological polar surface area (TPSA) is 72.9 Å². The number of nitrogens with zero attached hydrogens (tertiary/aromatic N) is 2. The number of nitrogens with one attached hydrogen (secondary N) is 1. The van der Waals surface area contributed by atoms with E-state index in [2.05, 4.69) is 10.4 Å². The zero-order chi connectivity index (χ0) is 13.1. The Kier molecular flexibility index (Phi) is 3.53. The second kappa shape index (κ2) is 5.10. The highest BCUT2D eigenvalue weighted by molar-refractivity contribution is 6.30. The Labute approximate surface area is 110 Å². The first kappa shape index (κ1) is 12.4. The fraction of sp³-hybridized carbons (Fsp3) is 0.167. The first-order valence-corrected chi connectivity index (χ1v) is 5.87. The minimum absolute atomic E-state index is 0.283. The standard InChI is InChI=1S/C12H13ClN4O/c1-2-17-11(10(14)7-15-17)12(18)16-9-5-3-8(13)4-6-9/h3-7H,2,14H2,1H3,(H,16,18). The number of nitrogens with two attached hydrogens (primary N) is 1. The molecule has 0 bridgehead atoms. The van der Waals surface area contributed by atoms with Crippen LogP contribution in [0.5, 0.6) is 0 Å². The molecule has 0 saturated carbocycles. The molecule has 0 spiro atoms. The lowest BCUT2D eigenvalue weighted by atomic mass is 10.3. The van der Waals surface area contributed by atoms with Crippen molar-refractivity contribution in [1.29, 1.82) is 0 Å². The average Bonchev–Trinajstić information content (AvgIpc) is 2.73. The molecule has 0 aliphatic heterocycles. The Bertz CT molecular complexity index is 562. The molecule has 0 fully saturated rings. The largest absolute Gasteiger partial charge is 0.396 e. The van der Waals surface area contributed by atoms with E-state index in [0.29, 0.717) is 28.6 Å². The molecule has 18 heavy (non-hydrogen) atoms. The lowest BCUT2D eigenvalue weighted by molar-refractivity contribution is 0.101. The Morgan fingerprint density at radius 3 is 2.72 bits per heavy atom. The van der Waals surface area contributed by atoms with E-state index in [1.54, 1.807) is 28.9 Å². The van der Waals surface area contributed by atoms with Crippen molar-refractivity contribution in [3.8, 4) is 0 Å². The zero-order valence-electron chi connectivity index (χ0n) is 9.85. The van der Waals surface area contributed by atoms with Gasteiger partial charge in [0.2, 0.25) is 0 Å². The van der Waals surface area contributed by atoms with Crippen LogP contribution in [0.3, 0.4) is 0 Å². The average molecular weight is 265 g/mol. The van der Waals surface area contributed by atoms with Crippen molar-refractivity contribution < 1.29 is 4.79 Å². The summed E-state index contributed by atoms with van der Waals surface area (Å²) in [6.45, 7) is 2.48. The SMILES string of the molecule is CCn1ncc(N)c1C(=O)Nc1ccc(Cl)cc1. The third-order valence-corrected chi connectivity index (χ3v) is 2.74. The molecule has 1 amide bonds. The number of carbonyl (C=O) groups excluding carboxylic acids is 1. The predicted molar refractivity (Wildman–Crippen MR) is 71.7 cm³/mol. The Balaban J connectivity index is 2.21. The van der Waals surface area contributed by atoms with E-state index >= 15 is 0 Å². The molecule has 94 valence electrons. The smallest absolute Gasteiger partial charge is 0.276 e. The number of carbonyl (C=O) groups is 1. The van der Waals surface area contributed by atoms with Gasteiger partial charge in [0.1, 0.15) is 5.69 Å². The molecule has 1 aromatic heterocycles. The van der Waals surface area contributed by atoms with Gasteiger partial charge in [-0.2, -0.15) is 5.10 Å². The highest BCUT2D eigenvalue weighted by atomic mass is 35.5. The Morgan fingerprint density at radius 2 is 2.11 bits per heavy atom. The highest BCUT2D eigenvalue weighted by Gasteiger charge is 2.16. The van der Waals surface area contributed by atoms with Crippen molar-refractivity contribution in [3.63, 3.8) is 0 Å². The maximum Gasteiger partial charge on any atom is 0.276 e. The van der Waals surface area contributed by atoms with Crippen molar-refractivity contribution in [2.75, 3.05) is 11.1 Å². The molecule has 5 nitrogen and oxygen atoms in total. The van der Waals surface area contributed by atoms with Crippen LogP contribution in [0.4, 0.5) is 11.4 Å². The van der Waals surface area contributed by atoms with Crippen molar-refractivity contribution in [2.24, 2.45) is 0 Å². The van der Waals surface area contributed by atoms with Gasteiger partial charge in [0.25, 0.3) is 5.91 Å². The number of rotatable bonds is 3. The fourth-order valence-electron chi connectivity index (χ4n) is 1.61. The molecule has 1 heterocycles.